The zero-order chi connectivity index (χ0) is 37.4. The average Bonchev–Trinajstić information content (AvgIpc) is 3.86. The molecule has 0 unspecified atom stereocenters. The Labute approximate surface area is 327 Å². The largest absolute Gasteiger partial charge is 2.00 e. The third kappa shape index (κ3) is 7.40. The summed E-state index contributed by atoms with van der Waals surface area (Å²) in [5, 5.41) is 17.1. The Morgan fingerprint density at radius 1 is 0.925 bits per heavy atom. The topological polar surface area (TPSA) is 146 Å². The van der Waals surface area contributed by atoms with Crippen molar-refractivity contribution in [3.8, 4) is 0 Å². The number of methoxy groups -OCH3 is 1. The van der Waals surface area contributed by atoms with Gasteiger partial charge in [-0.05, 0) is 76.9 Å². The van der Waals surface area contributed by atoms with Gasteiger partial charge in [-0.15, -0.1) is 33.5 Å². The van der Waals surface area contributed by atoms with Gasteiger partial charge in [0.15, 0.2) is 5.78 Å². The zero-order valence-electron chi connectivity index (χ0n) is 32.2. The monoisotopic (exact) mass is 728 g/mol. The van der Waals surface area contributed by atoms with Crippen LogP contribution in [0.15, 0.2) is 23.0 Å². The molecule has 6 rings (SSSR count). The van der Waals surface area contributed by atoms with Crippen molar-refractivity contribution in [3.05, 3.63) is 95.2 Å². The molecular formula is C42H48MgN4O6-2. The Balaban J connectivity index is 0.00000541. The van der Waals surface area contributed by atoms with E-state index in [0.29, 0.717) is 62.9 Å². The minimum absolute atomic E-state index is 0. The van der Waals surface area contributed by atoms with Crippen molar-refractivity contribution in [1.29, 1.82) is 0 Å². The molecule has 3 aromatic rings. The maximum atomic E-state index is 14.2. The molecule has 1 aliphatic carbocycles. The van der Waals surface area contributed by atoms with Crippen LogP contribution in [-0.2, 0) is 32.1 Å². The summed E-state index contributed by atoms with van der Waals surface area (Å²) in [6, 6.07) is 0. The fraction of sp³-hybridized carbons (Fsp3) is 0.452. The second-order valence-electron chi connectivity index (χ2n) is 14.2. The molecule has 1 N–H and O–H groups in total. The van der Waals surface area contributed by atoms with Gasteiger partial charge >= 0.3 is 35.0 Å². The van der Waals surface area contributed by atoms with Crippen LogP contribution in [0.25, 0.3) is 29.1 Å². The number of Topliss-reactive ketones (excluding diaryl/α,β-unsaturated/α-hetero) is 1. The first-order chi connectivity index (χ1) is 24.9. The summed E-state index contributed by atoms with van der Waals surface area (Å²) >= 11 is 0. The van der Waals surface area contributed by atoms with Gasteiger partial charge in [0, 0.05) is 12.0 Å². The molecule has 0 radical (unpaired) electrons. The second-order valence-corrected chi connectivity index (χ2v) is 14.2. The predicted octanol–water partition coefficient (Wildman–Crippen LogP) is 4.97. The van der Waals surface area contributed by atoms with Gasteiger partial charge in [-0.1, -0.05) is 78.8 Å². The number of unbranched alkanes of at least 4 members (excludes halogenated alkanes) is 1. The molecule has 3 atom stereocenters. The van der Waals surface area contributed by atoms with E-state index >= 15 is 0 Å². The van der Waals surface area contributed by atoms with Crippen molar-refractivity contribution in [1.82, 2.24) is 15.0 Å². The van der Waals surface area contributed by atoms with Crippen LogP contribution in [0.5, 0.6) is 0 Å². The molecule has 1 saturated heterocycles. The number of rotatable bonds is 11. The van der Waals surface area contributed by atoms with Crippen molar-refractivity contribution in [2.75, 3.05) is 13.7 Å². The summed E-state index contributed by atoms with van der Waals surface area (Å²) < 4.78 is 10.8. The van der Waals surface area contributed by atoms with Crippen LogP contribution in [0, 0.1) is 38.5 Å². The van der Waals surface area contributed by atoms with E-state index in [2.05, 4.69) is 13.8 Å². The number of aliphatic hydroxyl groups is 1. The number of carbonyl (C=O) groups excluding carboxylic acids is 3. The van der Waals surface area contributed by atoms with Gasteiger partial charge in [-0.3, -0.25) is 14.4 Å². The maximum absolute atomic E-state index is 14.2. The first-order valence-electron chi connectivity index (χ1n) is 18.3. The molecule has 53 heavy (non-hydrogen) atoms. The Morgan fingerprint density at radius 2 is 1.64 bits per heavy atom. The fourth-order valence-electron chi connectivity index (χ4n) is 7.80. The molecule has 11 heteroatoms. The molecule has 8 bridgehead atoms. The molecule has 10 nitrogen and oxygen atoms in total. The van der Waals surface area contributed by atoms with E-state index in [4.69, 9.17) is 29.7 Å². The third-order valence-electron chi connectivity index (χ3n) is 11.0. The molecule has 1 fully saturated rings. The number of esters is 2. The first-order valence-corrected chi connectivity index (χ1v) is 18.3. The predicted molar refractivity (Wildman–Crippen MR) is 205 cm³/mol. The Morgan fingerprint density at radius 3 is 2.32 bits per heavy atom. The van der Waals surface area contributed by atoms with Crippen molar-refractivity contribution >= 4 is 64.6 Å². The first kappa shape index (κ1) is 40.1. The van der Waals surface area contributed by atoms with E-state index in [1.807, 2.05) is 58.9 Å². The van der Waals surface area contributed by atoms with Crippen LogP contribution in [0.1, 0.15) is 121 Å². The fourth-order valence-corrected chi connectivity index (χ4v) is 7.80. The van der Waals surface area contributed by atoms with Crippen molar-refractivity contribution in [2.24, 2.45) is 17.8 Å². The third-order valence-corrected chi connectivity index (χ3v) is 11.0. The number of fused-ring (bicyclic) bond motifs is 7. The van der Waals surface area contributed by atoms with Crippen LogP contribution in [0.4, 0.5) is 0 Å². The SMILES string of the molecule is CCCC/C(C)=C/COC(=O)CC[C@@H]1/C2=C3/c4[n-]c(c(C)c4C(=O)[C@@H]3C(=O)OC)/C=c3\[n-]/c(c(C)c3CC)=C\c3[n-]c(c(C)c3CO)/C=C(\[N-]2)[C@H]1C.[Mg+2]. The van der Waals surface area contributed by atoms with E-state index in [-0.39, 0.29) is 66.3 Å². The summed E-state index contributed by atoms with van der Waals surface area (Å²) in [7, 11) is 1.27. The van der Waals surface area contributed by atoms with E-state index < -0.39 is 11.9 Å². The van der Waals surface area contributed by atoms with Gasteiger partial charge in [0.05, 0.1) is 13.7 Å². The molecule has 2 aliphatic heterocycles. The summed E-state index contributed by atoms with van der Waals surface area (Å²) in [5.74, 6) is -3.17. The van der Waals surface area contributed by atoms with Crippen LogP contribution in [0.3, 0.4) is 0 Å². The Hall–Kier alpha value is -4.06. The van der Waals surface area contributed by atoms with Crippen molar-refractivity contribution in [2.45, 2.75) is 93.6 Å². The molecule has 276 valence electrons. The van der Waals surface area contributed by atoms with Gasteiger partial charge in [-0.25, -0.2) is 0 Å². The van der Waals surface area contributed by atoms with Gasteiger partial charge in [-0.2, -0.15) is 11.4 Å². The molecule has 3 aliphatic rings. The van der Waals surface area contributed by atoms with E-state index in [1.165, 1.54) is 12.7 Å². The molecule has 5 heterocycles. The average molecular weight is 729 g/mol. The second kappa shape index (κ2) is 16.5. The van der Waals surface area contributed by atoms with Gasteiger partial charge in [0.2, 0.25) is 0 Å². The summed E-state index contributed by atoms with van der Waals surface area (Å²) in [6.45, 7) is 14.1. The van der Waals surface area contributed by atoms with Crippen molar-refractivity contribution in [3.63, 3.8) is 0 Å². The molecule has 0 spiro atoms. The molecular weight excluding hydrogens is 681 g/mol. The van der Waals surface area contributed by atoms with Crippen LogP contribution < -0.4 is 25.7 Å². The minimum Gasteiger partial charge on any atom is -0.664 e. The van der Waals surface area contributed by atoms with E-state index in [0.717, 1.165) is 53.1 Å². The molecule has 0 saturated carbocycles. The number of carbonyl (C=O) groups is 3. The summed E-state index contributed by atoms with van der Waals surface area (Å²) in [5.41, 5.74) is 9.79. The quantitative estimate of drug-likeness (QED) is 0.125. The Kier molecular flexibility index (Phi) is 12.5. The Bertz CT molecular complexity index is 2160. The molecule has 3 aromatic heterocycles. The van der Waals surface area contributed by atoms with Crippen molar-refractivity contribution < 1.29 is 29.0 Å². The number of ketones is 1. The number of hydrogen-bond donors (Lipinski definition) is 1. The number of aromatic nitrogens is 3. The number of nitrogens with zero attached hydrogens (tertiary/aromatic N) is 4. The molecule has 0 aromatic carbocycles. The smallest absolute Gasteiger partial charge is 0.664 e. The van der Waals surface area contributed by atoms with Gasteiger partial charge in [0.25, 0.3) is 0 Å². The van der Waals surface area contributed by atoms with Gasteiger partial charge < -0.3 is 34.8 Å². The summed E-state index contributed by atoms with van der Waals surface area (Å²) in [4.78, 5) is 55.7. The van der Waals surface area contributed by atoms with E-state index in [9.17, 15) is 19.5 Å². The van der Waals surface area contributed by atoms with Crippen LogP contribution >= 0.6 is 0 Å². The number of ether oxygens (including phenoxy) is 2. The summed E-state index contributed by atoms with van der Waals surface area (Å²) in [6.07, 6.45) is 12.1. The van der Waals surface area contributed by atoms with Crippen LogP contribution in [-0.4, -0.2) is 59.6 Å². The number of allylic oxidation sites excluding steroid dienone is 3. The normalized spacial score (nSPS) is 22.6. The number of hydrogen-bond acceptors (Lipinski definition) is 6. The zero-order valence-corrected chi connectivity index (χ0v) is 33.6. The number of aliphatic hydroxyl groups excluding tert-OH is 1. The standard InChI is InChI=1S/C42H49N4O6.Mg/c1-9-11-12-21(3)15-16-52-35(48)14-13-27-23(5)31-17-29-24(6)28(20-47)34(44-29)18-30-22(4)26(10-2)33(43-30)19-32-25(7)36-40(46-32)37(39(27)45-31)38(41(36)49)42(50)51-8;/h15,17-19,23,27,38,47H,9-14,16,20H2,1-8H3,(H-,45,46,49);/q-3;+2/p-1/b21-15+,30-18-,31-17-,33-19-;/t23-,27-,38+;/m0./s1. The minimum atomic E-state index is -1.23. The van der Waals surface area contributed by atoms with Crippen LogP contribution in [0.2, 0.25) is 0 Å². The van der Waals surface area contributed by atoms with Gasteiger partial charge in [0.1, 0.15) is 12.5 Å². The molecule has 0 amide bonds. The van der Waals surface area contributed by atoms with E-state index in [1.54, 1.807) is 0 Å². The maximum Gasteiger partial charge on any atom is 2.00 e.